The lowest BCUT2D eigenvalue weighted by Crippen LogP contribution is -2.14. The number of aromatic nitrogens is 3. The highest BCUT2D eigenvalue weighted by molar-refractivity contribution is 7.90. The van der Waals surface area contributed by atoms with E-state index >= 15 is 0 Å². The van der Waals surface area contributed by atoms with Gasteiger partial charge in [-0.25, -0.2) is 32.2 Å². The molecule has 0 radical (unpaired) electrons. The molecular formula is C12H14F2N4O2S. The predicted octanol–water partition coefficient (Wildman–Crippen LogP) is 2.19. The molecule has 0 aromatic carbocycles. The van der Waals surface area contributed by atoms with Gasteiger partial charge in [0.15, 0.2) is 5.82 Å². The molecule has 0 aliphatic heterocycles. The highest BCUT2D eigenvalue weighted by Crippen LogP contribution is 2.26. The minimum atomic E-state index is -3.59. The summed E-state index contributed by atoms with van der Waals surface area (Å²) in [5.41, 5.74) is -0.218. The van der Waals surface area contributed by atoms with Gasteiger partial charge in [-0.2, -0.15) is 0 Å². The van der Waals surface area contributed by atoms with Crippen molar-refractivity contribution >= 4 is 26.6 Å². The molecule has 0 saturated carbocycles. The van der Waals surface area contributed by atoms with Gasteiger partial charge in [-0.3, -0.25) is 0 Å². The van der Waals surface area contributed by atoms with Crippen LogP contribution in [0.1, 0.15) is 26.0 Å². The van der Waals surface area contributed by atoms with Gasteiger partial charge >= 0.3 is 0 Å². The molecule has 9 heteroatoms. The lowest BCUT2D eigenvalue weighted by atomic mass is 10.2. The van der Waals surface area contributed by atoms with Crippen molar-refractivity contribution in [2.24, 2.45) is 0 Å². The Morgan fingerprint density at radius 3 is 2.43 bits per heavy atom. The number of hydrogen-bond acceptors (Lipinski definition) is 6. The third-order valence-electron chi connectivity index (χ3n) is 2.54. The minimum absolute atomic E-state index is 0.0785. The van der Waals surface area contributed by atoms with Gasteiger partial charge in [0.2, 0.25) is 15.0 Å². The summed E-state index contributed by atoms with van der Waals surface area (Å²) in [5, 5.41) is 2.83. The van der Waals surface area contributed by atoms with E-state index in [1.54, 1.807) is 13.8 Å². The first-order valence-corrected chi connectivity index (χ1v) is 8.00. The largest absolute Gasteiger partial charge is 0.366 e. The van der Waals surface area contributed by atoms with E-state index in [-0.39, 0.29) is 22.5 Å². The Kier molecular flexibility index (Phi) is 4.04. The summed E-state index contributed by atoms with van der Waals surface area (Å²) in [6.45, 7) is 3.61. The second-order valence-corrected chi connectivity index (χ2v) is 6.77. The zero-order valence-electron chi connectivity index (χ0n) is 11.6. The van der Waals surface area contributed by atoms with Gasteiger partial charge < -0.3 is 5.32 Å². The number of fused-ring (bicyclic) bond motifs is 1. The van der Waals surface area contributed by atoms with Gasteiger partial charge in [0.05, 0.1) is 0 Å². The summed E-state index contributed by atoms with van der Waals surface area (Å²) < 4.78 is 48.7. The molecule has 0 aliphatic carbocycles. The predicted molar refractivity (Wildman–Crippen MR) is 74.2 cm³/mol. The number of nitrogens with one attached hydrogen (secondary N) is 1. The van der Waals surface area contributed by atoms with Crippen LogP contribution in [0.3, 0.4) is 0 Å². The Balaban J connectivity index is 2.73. The summed E-state index contributed by atoms with van der Waals surface area (Å²) in [7, 11) is -3.59. The Bertz CT molecular complexity index is 778. The third-order valence-corrected chi connectivity index (χ3v) is 3.40. The van der Waals surface area contributed by atoms with Gasteiger partial charge in [0.25, 0.3) is 6.43 Å². The molecule has 0 saturated heterocycles. The number of rotatable bonds is 4. The van der Waals surface area contributed by atoms with Crippen molar-refractivity contribution in [2.75, 3.05) is 11.6 Å². The van der Waals surface area contributed by atoms with Gasteiger partial charge in [-0.05, 0) is 19.9 Å². The first kappa shape index (κ1) is 15.5. The number of halogens is 2. The highest BCUT2D eigenvalue weighted by atomic mass is 32.2. The van der Waals surface area contributed by atoms with Crippen molar-refractivity contribution < 1.29 is 17.2 Å². The summed E-state index contributed by atoms with van der Waals surface area (Å²) in [4.78, 5) is 11.4. The van der Waals surface area contributed by atoms with Crippen LogP contribution < -0.4 is 5.32 Å². The normalized spacial score (nSPS) is 12.3. The van der Waals surface area contributed by atoms with Crippen LogP contribution >= 0.6 is 0 Å². The molecule has 2 aromatic rings. The number of pyridine rings is 1. The van der Waals surface area contributed by atoms with E-state index in [2.05, 4.69) is 20.3 Å². The van der Waals surface area contributed by atoms with Gasteiger partial charge in [0, 0.05) is 23.9 Å². The van der Waals surface area contributed by atoms with Crippen LogP contribution in [0.2, 0.25) is 0 Å². The monoisotopic (exact) mass is 316 g/mol. The van der Waals surface area contributed by atoms with E-state index in [0.717, 1.165) is 12.3 Å². The fourth-order valence-corrected chi connectivity index (χ4v) is 2.21. The fraction of sp³-hybridized carbons (Fsp3) is 0.417. The number of nitrogens with zero attached hydrogens (tertiary/aromatic N) is 3. The second-order valence-electron chi connectivity index (χ2n) is 4.86. The van der Waals surface area contributed by atoms with Crippen LogP contribution in [0.5, 0.6) is 0 Å². The average Bonchev–Trinajstić information content (AvgIpc) is 2.36. The van der Waals surface area contributed by atoms with Gasteiger partial charge in [0.1, 0.15) is 11.2 Å². The third kappa shape index (κ3) is 3.41. The zero-order chi connectivity index (χ0) is 15.8. The number of alkyl halides is 2. The molecule has 0 atom stereocenters. The molecule has 0 fully saturated rings. The van der Waals surface area contributed by atoms with E-state index in [9.17, 15) is 17.2 Å². The van der Waals surface area contributed by atoms with Gasteiger partial charge in [-0.1, -0.05) is 0 Å². The molecular weight excluding hydrogens is 302 g/mol. The van der Waals surface area contributed by atoms with E-state index < -0.39 is 22.0 Å². The average molecular weight is 316 g/mol. The van der Waals surface area contributed by atoms with Crippen molar-refractivity contribution in [2.45, 2.75) is 31.5 Å². The Hall–Kier alpha value is -1.90. The smallest absolute Gasteiger partial charge is 0.280 e. The molecule has 0 aliphatic rings. The molecule has 21 heavy (non-hydrogen) atoms. The molecule has 0 amide bonds. The summed E-state index contributed by atoms with van der Waals surface area (Å²) >= 11 is 0. The van der Waals surface area contributed by atoms with Gasteiger partial charge in [-0.15, -0.1) is 0 Å². The van der Waals surface area contributed by atoms with E-state index in [0.29, 0.717) is 5.39 Å². The molecule has 0 unspecified atom stereocenters. The van der Waals surface area contributed by atoms with Crippen molar-refractivity contribution in [3.63, 3.8) is 0 Å². The summed E-state index contributed by atoms with van der Waals surface area (Å²) in [5.74, 6) is 0.116. The Morgan fingerprint density at radius 2 is 1.90 bits per heavy atom. The highest BCUT2D eigenvalue weighted by Gasteiger charge is 2.18. The van der Waals surface area contributed by atoms with Crippen LogP contribution in [-0.4, -0.2) is 35.7 Å². The van der Waals surface area contributed by atoms with Crippen LogP contribution in [0.25, 0.3) is 10.9 Å². The molecule has 2 rings (SSSR count). The molecule has 114 valence electrons. The maximum absolute atomic E-state index is 12.9. The molecule has 0 spiro atoms. The first-order valence-electron chi connectivity index (χ1n) is 6.11. The maximum Gasteiger partial charge on any atom is 0.280 e. The van der Waals surface area contributed by atoms with Crippen molar-refractivity contribution in [1.82, 2.24) is 15.0 Å². The maximum atomic E-state index is 12.9. The summed E-state index contributed by atoms with van der Waals surface area (Å²) in [6.07, 6.45) is -0.556. The van der Waals surface area contributed by atoms with Crippen LogP contribution in [0.15, 0.2) is 17.4 Å². The fourth-order valence-electron chi connectivity index (χ4n) is 1.71. The van der Waals surface area contributed by atoms with Crippen LogP contribution in [0.4, 0.5) is 14.6 Å². The molecule has 0 bridgehead atoms. The Labute approximate surface area is 120 Å². The van der Waals surface area contributed by atoms with Crippen molar-refractivity contribution in [3.05, 3.63) is 18.0 Å². The quantitative estimate of drug-likeness (QED) is 0.870. The first-order chi connectivity index (χ1) is 9.68. The van der Waals surface area contributed by atoms with Crippen molar-refractivity contribution in [3.8, 4) is 0 Å². The number of hydrogen-bond donors (Lipinski definition) is 1. The topological polar surface area (TPSA) is 84.8 Å². The summed E-state index contributed by atoms with van der Waals surface area (Å²) in [6, 6.07) is 1.07. The molecule has 2 aromatic heterocycles. The minimum Gasteiger partial charge on any atom is -0.366 e. The standard InChI is InChI=1S/C12H14F2N4O2S/c1-6(2)16-11-9-7(4-8(17-11)10(13)14)5-15-12(18-9)21(3,19)20/h4-6,10H,1-3H3,(H,16,17). The zero-order valence-corrected chi connectivity index (χ0v) is 12.4. The van der Waals surface area contributed by atoms with Crippen LogP contribution in [-0.2, 0) is 9.84 Å². The molecule has 6 nitrogen and oxygen atoms in total. The lowest BCUT2D eigenvalue weighted by Gasteiger charge is -2.13. The SMILES string of the molecule is CC(C)Nc1nc(C(F)F)cc2cnc(S(C)(=O)=O)nc12. The van der Waals surface area contributed by atoms with Crippen LogP contribution in [0, 0.1) is 0 Å². The lowest BCUT2D eigenvalue weighted by molar-refractivity contribution is 0.146. The van der Waals surface area contributed by atoms with E-state index in [4.69, 9.17) is 0 Å². The second kappa shape index (κ2) is 5.47. The van der Waals surface area contributed by atoms with E-state index in [1.165, 1.54) is 6.20 Å². The molecule has 2 heterocycles. The Morgan fingerprint density at radius 1 is 1.24 bits per heavy atom. The molecule has 1 N–H and O–H groups in total. The van der Waals surface area contributed by atoms with E-state index in [1.807, 2.05) is 0 Å². The number of anilines is 1. The van der Waals surface area contributed by atoms with Crippen molar-refractivity contribution in [1.29, 1.82) is 0 Å². The number of sulfone groups is 1.